The monoisotopic (exact) mass is 278 g/mol. The van der Waals surface area contributed by atoms with Crippen LogP contribution in [0.5, 0.6) is 5.75 Å². The zero-order valence-corrected chi connectivity index (χ0v) is 12.9. The maximum atomic E-state index is 12.0. The molecular formula is C16H26N2O2. The second kappa shape index (κ2) is 8.59. The van der Waals surface area contributed by atoms with Gasteiger partial charge in [-0.25, -0.2) is 0 Å². The Hall–Kier alpha value is -1.55. The molecule has 0 aliphatic carbocycles. The van der Waals surface area contributed by atoms with Gasteiger partial charge < -0.3 is 15.4 Å². The number of nitrogens with one attached hydrogen (secondary N) is 2. The highest BCUT2D eigenvalue weighted by Crippen LogP contribution is 2.14. The maximum absolute atomic E-state index is 12.0. The third kappa shape index (κ3) is 5.61. The molecule has 2 atom stereocenters. The minimum absolute atomic E-state index is 0.0511. The predicted octanol–water partition coefficient (Wildman–Crippen LogP) is 2.59. The Labute approximate surface area is 121 Å². The van der Waals surface area contributed by atoms with Gasteiger partial charge >= 0.3 is 0 Å². The molecule has 1 aromatic rings. The van der Waals surface area contributed by atoms with E-state index in [0.29, 0.717) is 12.1 Å². The van der Waals surface area contributed by atoms with Crippen LogP contribution < -0.4 is 15.4 Å². The highest BCUT2D eigenvalue weighted by molar-refractivity contribution is 5.94. The third-order valence-corrected chi connectivity index (χ3v) is 3.15. The molecule has 0 aromatic heterocycles. The van der Waals surface area contributed by atoms with E-state index in [0.717, 1.165) is 18.7 Å². The van der Waals surface area contributed by atoms with Crippen LogP contribution in [0, 0.1) is 0 Å². The van der Waals surface area contributed by atoms with E-state index in [9.17, 15) is 4.79 Å². The molecule has 0 saturated carbocycles. The van der Waals surface area contributed by atoms with Crippen molar-refractivity contribution in [2.24, 2.45) is 0 Å². The van der Waals surface area contributed by atoms with Gasteiger partial charge in [0.1, 0.15) is 5.75 Å². The average Bonchev–Trinajstić information content (AvgIpc) is 2.45. The van der Waals surface area contributed by atoms with Crippen LogP contribution in [-0.2, 0) is 0 Å². The van der Waals surface area contributed by atoms with Gasteiger partial charge in [0.05, 0.1) is 6.10 Å². The maximum Gasteiger partial charge on any atom is 0.251 e. The highest BCUT2D eigenvalue weighted by atomic mass is 16.5. The van der Waals surface area contributed by atoms with Crippen molar-refractivity contribution >= 4 is 5.91 Å². The van der Waals surface area contributed by atoms with Crippen molar-refractivity contribution in [2.45, 2.75) is 46.3 Å². The fraction of sp³-hybridized carbons (Fsp3) is 0.562. The summed E-state index contributed by atoms with van der Waals surface area (Å²) in [6.07, 6.45) is 1.15. The summed E-state index contributed by atoms with van der Waals surface area (Å²) in [5, 5.41) is 6.17. The molecule has 1 aromatic carbocycles. The molecule has 0 aliphatic heterocycles. The molecule has 1 unspecified atom stereocenters. The van der Waals surface area contributed by atoms with E-state index in [4.69, 9.17) is 4.74 Å². The molecule has 1 amide bonds. The normalized spacial score (nSPS) is 13.6. The molecule has 2 N–H and O–H groups in total. The van der Waals surface area contributed by atoms with E-state index in [1.807, 2.05) is 32.9 Å². The van der Waals surface area contributed by atoms with E-state index < -0.39 is 0 Å². The summed E-state index contributed by atoms with van der Waals surface area (Å²) in [6, 6.07) is 7.55. The number of hydrogen-bond acceptors (Lipinski definition) is 3. The number of carbonyl (C=O) groups is 1. The lowest BCUT2D eigenvalue weighted by Crippen LogP contribution is -2.38. The fourth-order valence-corrected chi connectivity index (χ4v) is 1.77. The largest absolute Gasteiger partial charge is 0.491 e. The Kier molecular flexibility index (Phi) is 7.09. The lowest BCUT2D eigenvalue weighted by atomic mass is 10.2. The van der Waals surface area contributed by atoms with Gasteiger partial charge in [0.15, 0.2) is 0 Å². The molecule has 0 saturated heterocycles. The van der Waals surface area contributed by atoms with Gasteiger partial charge in [0.25, 0.3) is 5.91 Å². The molecule has 112 valence electrons. The fourth-order valence-electron chi connectivity index (χ4n) is 1.77. The van der Waals surface area contributed by atoms with Gasteiger partial charge in [-0.1, -0.05) is 13.8 Å². The Balaban J connectivity index is 2.49. The predicted molar refractivity (Wildman–Crippen MR) is 82.3 cm³/mol. The van der Waals surface area contributed by atoms with Crippen molar-refractivity contribution in [1.82, 2.24) is 10.6 Å². The number of amides is 1. The van der Waals surface area contributed by atoms with Crippen molar-refractivity contribution in [3.8, 4) is 5.75 Å². The van der Waals surface area contributed by atoms with Crippen LogP contribution in [-0.4, -0.2) is 31.1 Å². The van der Waals surface area contributed by atoms with Gasteiger partial charge in [0.2, 0.25) is 0 Å². The minimum atomic E-state index is -0.0511. The van der Waals surface area contributed by atoms with E-state index in [-0.39, 0.29) is 18.1 Å². The molecule has 0 aliphatic rings. The lowest BCUT2D eigenvalue weighted by Gasteiger charge is -2.14. The van der Waals surface area contributed by atoms with Crippen LogP contribution in [0.3, 0.4) is 0 Å². The van der Waals surface area contributed by atoms with E-state index in [1.54, 1.807) is 12.1 Å². The molecule has 0 radical (unpaired) electrons. The molecule has 4 heteroatoms. The average molecular weight is 278 g/mol. The zero-order chi connectivity index (χ0) is 15.0. The lowest BCUT2D eigenvalue weighted by molar-refractivity contribution is 0.0950. The van der Waals surface area contributed by atoms with Gasteiger partial charge in [0, 0.05) is 18.2 Å². The number of benzene rings is 1. The number of carbonyl (C=O) groups excluding carboxylic acids is 1. The Morgan fingerprint density at radius 3 is 2.40 bits per heavy atom. The van der Waals surface area contributed by atoms with Crippen molar-refractivity contribution < 1.29 is 9.53 Å². The molecular weight excluding hydrogens is 252 g/mol. The van der Waals surface area contributed by atoms with Crippen LogP contribution >= 0.6 is 0 Å². The molecule has 0 spiro atoms. The third-order valence-electron chi connectivity index (χ3n) is 3.15. The summed E-state index contributed by atoms with van der Waals surface area (Å²) in [6.45, 7) is 9.73. The van der Waals surface area contributed by atoms with Gasteiger partial charge in [-0.15, -0.1) is 0 Å². The molecule has 0 fully saturated rings. The first-order valence-corrected chi connectivity index (χ1v) is 7.35. The molecule has 20 heavy (non-hydrogen) atoms. The first-order chi connectivity index (χ1) is 9.56. The number of rotatable bonds is 8. The standard InChI is InChI=1S/C16H26N2O2/c1-5-13(4)20-15-9-7-14(8-10-15)16(19)18-11-12(3)17-6-2/h7-10,12-13,17H,5-6,11H2,1-4H3,(H,18,19)/t12-,13?/m1/s1. The van der Waals surface area contributed by atoms with Crippen molar-refractivity contribution in [3.63, 3.8) is 0 Å². The summed E-state index contributed by atoms with van der Waals surface area (Å²) in [5.41, 5.74) is 0.658. The highest BCUT2D eigenvalue weighted by Gasteiger charge is 2.08. The second-order valence-electron chi connectivity index (χ2n) is 5.03. The summed E-state index contributed by atoms with van der Waals surface area (Å²) in [4.78, 5) is 12.0. The second-order valence-corrected chi connectivity index (χ2v) is 5.03. The number of hydrogen-bond donors (Lipinski definition) is 2. The Morgan fingerprint density at radius 2 is 1.85 bits per heavy atom. The van der Waals surface area contributed by atoms with Crippen LogP contribution in [0.15, 0.2) is 24.3 Å². The molecule has 1 rings (SSSR count). The summed E-state index contributed by atoms with van der Waals surface area (Å²) < 4.78 is 5.69. The molecule has 0 heterocycles. The Bertz CT molecular complexity index is 403. The van der Waals surface area contributed by atoms with Gasteiger partial charge in [-0.3, -0.25) is 4.79 Å². The van der Waals surface area contributed by atoms with Gasteiger partial charge in [-0.2, -0.15) is 0 Å². The van der Waals surface area contributed by atoms with Crippen LogP contribution in [0.25, 0.3) is 0 Å². The minimum Gasteiger partial charge on any atom is -0.491 e. The summed E-state index contributed by atoms with van der Waals surface area (Å²) in [7, 11) is 0. The van der Waals surface area contributed by atoms with Crippen LogP contribution in [0.2, 0.25) is 0 Å². The van der Waals surface area contributed by atoms with E-state index in [1.165, 1.54) is 0 Å². The van der Waals surface area contributed by atoms with Crippen LogP contribution in [0.1, 0.15) is 44.5 Å². The summed E-state index contributed by atoms with van der Waals surface area (Å²) in [5.74, 6) is 0.752. The van der Waals surface area contributed by atoms with Crippen LogP contribution in [0.4, 0.5) is 0 Å². The first-order valence-electron chi connectivity index (χ1n) is 7.35. The Morgan fingerprint density at radius 1 is 1.20 bits per heavy atom. The van der Waals surface area contributed by atoms with Gasteiger partial charge in [-0.05, 0) is 51.1 Å². The quantitative estimate of drug-likeness (QED) is 0.768. The topological polar surface area (TPSA) is 50.4 Å². The zero-order valence-electron chi connectivity index (χ0n) is 12.9. The van der Waals surface area contributed by atoms with Crippen molar-refractivity contribution in [3.05, 3.63) is 29.8 Å². The molecule has 0 bridgehead atoms. The smallest absolute Gasteiger partial charge is 0.251 e. The molecule has 4 nitrogen and oxygen atoms in total. The van der Waals surface area contributed by atoms with E-state index in [2.05, 4.69) is 17.6 Å². The number of ether oxygens (including phenoxy) is 1. The van der Waals surface area contributed by atoms with Crippen molar-refractivity contribution in [2.75, 3.05) is 13.1 Å². The van der Waals surface area contributed by atoms with E-state index >= 15 is 0 Å². The number of likely N-dealkylation sites (N-methyl/N-ethyl adjacent to an activating group) is 1. The SMILES string of the molecule is CCN[C@H](C)CNC(=O)c1ccc(OC(C)CC)cc1. The van der Waals surface area contributed by atoms with Crippen molar-refractivity contribution in [1.29, 1.82) is 0 Å². The first kappa shape index (κ1) is 16.5. The summed E-state index contributed by atoms with van der Waals surface area (Å²) >= 11 is 0.